The Morgan fingerprint density at radius 2 is 1.87 bits per heavy atom. The standard InChI is InChI=1S/C33H35F2N5O4S/c1-5-24(16-26(35)19-34)31(22-37(3)4)39-11-10-25(17-32(39)41)30-21-40(45(42,43)28-8-6-23(2)7-9-28)33-29(30)18-27(20-36-33)38-12-14-44-15-13-38/h5-11,16-21,31H,1,12-15,22H2,2-4H3/b24-16+,26-19-. The van der Waals surface area contributed by atoms with Crippen LogP contribution in [0.2, 0.25) is 0 Å². The van der Waals surface area contributed by atoms with Gasteiger partial charge in [-0.2, -0.15) is 0 Å². The molecule has 3 aromatic heterocycles. The van der Waals surface area contributed by atoms with Crippen molar-refractivity contribution in [1.29, 1.82) is 0 Å². The van der Waals surface area contributed by atoms with E-state index in [2.05, 4.69) is 16.5 Å². The summed E-state index contributed by atoms with van der Waals surface area (Å²) in [5, 5.41) is 0.554. The average Bonchev–Trinajstić information content (AvgIpc) is 3.43. The monoisotopic (exact) mass is 635 g/mol. The lowest BCUT2D eigenvalue weighted by Gasteiger charge is -2.28. The molecule has 0 amide bonds. The van der Waals surface area contributed by atoms with Gasteiger partial charge in [0.1, 0.15) is 6.33 Å². The molecule has 0 N–H and O–H groups in total. The fourth-order valence-electron chi connectivity index (χ4n) is 5.40. The highest BCUT2D eigenvalue weighted by atomic mass is 32.2. The number of rotatable bonds is 10. The van der Waals surface area contributed by atoms with Gasteiger partial charge in [-0.1, -0.05) is 30.4 Å². The van der Waals surface area contributed by atoms with Gasteiger partial charge < -0.3 is 19.1 Å². The number of fused-ring (bicyclic) bond motifs is 1. The van der Waals surface area contributed by atoms with Crippen molar-refractivity contribution in [2.24, 2.45) is 0 Å². The van der Waals surface area contributed by atoms with Gasteiger partial charge in [0.25, 0.3) is 15.6 Å². The molecule has 45 heavy (non-hydrogen) atoms. The van der Waals surface area contributed by atoms with E-state index in [1.807, 2.05) is 17.9 Å². The van der Waals surface area contributed by atoms with Crippen LogP contribution in [0, 0.1) is 6.92 Å². The molecule has 1 saturated heterocycles. The molecule has 1 aliphatic heterocycles. The number of benzene rings is 1. The summed E-state index contributed by atoms with van der Waals surface area (Å²) in [6.07, 6.45) is 6.95. The van der Waals surface area contributed by atoms with E-state index >= 15 is 0 Å². The molecule has 1 aromatic carbocycles. The van der Waals surface area contributed by atoms with Crippen molar-refractivity contribution in [3.05, 3.63) is 113 Å². The number of ether oxygens (including phenoxy) is 1. The molecule has 236 valence electrons. The van der Waals surface area contributed by atoms with Gasteiger partial charge in [-0.3, -0.25) is 4.79 Å². The Kier molecular flexibility index (Phi) is 9.47. The lowest BCUT2D eigenvalue weighted by molar-refractivity contribution is 0.122. The van der Waals surface area contributed by atoms with E-state index in [-0.39, 0.29) is 16.9 Å². The van der Waals surface area contributed by atoms with Crippen molar-refractivity contribution >= 4 is 26.7 Å². The van der Waals surface area contributed by atoms with Crippen LogP contribution in [0.15, 0.2) is 107 Å². The van der Waals surface area contributed by atoms with Crippen molar-refractivity contribution in [2.75, 3.05) is 51.8 Å². The van der Waals surface area contributed by atoms with Gasteiger partial charge in [-0.15, -0.1) is 0 Å². The number of nitrogens with zero attached hydrogens (tertiary/aromatic N) is 5. The van der Waals surface area contributed by atoms with Crippen molar-refractivity contribution in [1.82, 2.24) is 18.4 Å². The summed E-state index contributed by atoms with van der Waals surface area (Å²) in [6.45, 7) is 8.36. The minimum absolute atomic E-state index is 0.107. The zero-order chi connectivity index (χ0) is 32.3. The first-order valence-corrected chi connectivity index (χ1v) is 15.8. The highest BCUT2D eigenvalue weighted by Gasteiger charge is 2.25. The number of hydrogen-bond acceptors (Lipinski definition) is 7. The highest BCUT2D eigenvalue weighted by Crippen LogP contribution is 2.34. The summed E-state index contributed by atoms with van der Waals surface area (Å²) < 4.78 is 62.6. The maximum Gasteiger partial charge on any atom is 0.269 e. The van der Waals surface area contributed by atoms with Gasteiger partial charge in [-0.05, 0) is 62.5 Å². The summed E-state index contributed by atoms with van der Waals surface area (Å²) in [7, 11) is -0.435. The van der Waals surface area contributed by atoms with Gasteiger partial charge in [0.05, 0.1) is 36.0 Å². The number of likely N-dealkylation sites (N-methyl/N-ethyl adjacent to an activating group) is 1. The van der Waals surface area contributed by atoms with Crippen LogP contribution in [0.5, 0.6) is 0 Å². The first-order chi connectivity index (χ1) is 21.5. The minimum Gasteiger partial charge on any atom is -0.378 e. The molecule has 0 saturated carbocycles. The van der Waals surface area contributed by atoms with E-state index in [1.165, 1.54) is 22.9 Å². The number of aryl methyl sites for hydroxylation is 1. The fourth-order valence-corrected chi connectivity index (χ4v) is 6.72. The number of morpholine rings is 1. The second-order valence-electron chi connectivity index (χ2n) is 11.1. The summed E-state index contributed by atoms with van der Waals surface area (Å²) in [5.74, 6) is -1.09. The minimum atomic E-state index is -4.04. The molecule has 1 atom stereocenters. The van der Waals surface area contributed by atoms with E-state index in [9.17, 15) is 22.0 Å². The second-order valence-corrected chi connectivity index (χ2v) is 12.9. The van der Waals surface area contributed by atoms with Gasteiger partial charge in [0.15, 0.2) is 11.5 Å². The van der Waals surface area contributed by atoms with Crippen LogP contribution in [0.4, 0.5) is 14.5 Å². The summed E-state index contributed by atoms with van der Waals surface area (Å²) >= 11 is 0. The Morgan fingerprint density at radius 3 is 2.49 bits per heavy atom. The van der Waals surface area contributed by atoms with Gasteiger partial charge in [-0.25, -0.2) is 26.2 Å². The largest absolute Gasteiger partial charge is 0.378 e. The molecular weight excluding hydrogens is 600 g/mol. The average molecular weight is 636 g/mol. The summed E-state index contributed by atoms with van der Waals surface area (Å²) in [6, 6.07) is 10.9. The van der Waals surface area contributed by atoms with E-state index in [0.717, 1.165) is 21.3 Å². The van der Waals surface area contributed by atoms with Crippen LogP contribution in [0.3, 0.4) is 0 Å². The van der Waals surface area contributed by atoms with E-state index in [4.69, 9.17) is 4.74 Å². The lowest BCUT2D eigenvalue weighted by atomic mass is 10.0. The van der Waals surface area contributed by atoms with Crippen LogP contribution < -0.4 is 10.5 Å². The summed E-state index contributed by atoms with van der Waals surface area (Å²) in [4.78, 5) is 22.3. The topological polar surface area (TPSA) is 89.7 Å². The van der Waals surface area contributed by atoms with Crippen LogP contribution in [-0.2, 0) is 14.8 Å². The smallest absolute Gasteiger partial charge is 0.269 e. The molecule has 4 heterocycles. The molecule has 1 aliphatic rings. The van der Waals surface area contributed by atoms with Crippen LogP contribution in [0.1, 0.15) is 11.6 Å². The summed E-state index contributed by atoms with van der Waals surface area (Å²) in [5.41, 5.74) is 2.82. The molecule has 12 heteroatoms. The first kappa shape index (κ1) is 32.0. The highest BCUT2D eigenvalue weighted by molar-refractivity contribution is 7.90. The second kappa shape index (κ2) is 13.3. The molecule has 0 spiro atoms. The van der Waals surface area contributed by atoms with E-state index in [1.54, 1.807) is 56.8 Å². The maximum atomic E-state index is 13.9. The van der Waals surface area contributed by atoms with Crippen molar-refractivity contribution < 1.29 is 21.9 Å². The van der Waals surface area contributed by atoms with Crippen LogP contribution >= 0.6 is 0 Å². The Morgan fingerprint density at radius 1 is 1.16 bits per heavy atom. The fraction of sp³-hybridized carbons (Fsp3) is 0.273. The molecule has 5 rings (SSSR count). The normalized spacial score (nSPS) is 15.6. The lowest BCUT2D eigenvalue weighted by Crippen LogP contribution is -2.36. The van der Waals surface area contributed by atoms with E-state index < -0.39 is 27.5 Å². The Hall–Kier alpha value is -4.39. The zero-order valence-electron chi connectivity index (χ0n) is 25.4. The SMILES string of the molecule is C=C/C(=C\C(F)=C\F)C(CN(C)C)n1ccc(-c2cn(S(=O)(=O)c3ccc(C)cc3)c3ncc(N4CCOCC4)cc23)cc1=O. The van der Waals surface area contributed by atoms with Gasteiger partial charge in [0, 0.05) is 49.0 Å². The van der Waals surface area contributed by atoms with Gasteiger partial charge >= 0.3 is 0 Å². The third-order valence-electron chi connectivity index (χ3n) is 7.71. The molecule has 0 bridgehead atoms. The quantitative estimate of drug-likeness (QED) is 0.220. The van der Waals surface area contributed by atoms with Crippen molar-refractivity contribution in [3.8, 4) is 11.1 Å². The van der Waals surface area contributed by atoms with Crippen LogP contribution in [-0.4, -0.2) is 73.8 Å². The van der Waals surface area contributed by atoms with Crippen LogP contribution in [0.25, 0.3) is 22.2 Å². The predicted octanol–water partition coefficient (Wildman–Crippen LogP) is 5.24. The molecular formula is C33H35F2N5O4S. The molecule has 1 fully saturated rings. The Bertz CT molecular complexity index is 1940. The number of halogens is 2. The number of aromatic nitrogens is 3. The number of allylic oxidation sites excluding steroid dienone is 3. The predicted molar refractivity (Wildman–Crippen MR) is 172 cm³/mol. The number of anilines is 1. The maximum absolute atomic E-state index is 13.9. The number of pyridine rings is 2. The van der Waals surface area contributed by atoms with E-state index in [0.29, 0.717) is 54.9 Å². The van der Waals surface area contributed by atoms with Crippen molar-refractivity contribution in [2.45, 2.75) is 17.9 Å². The molecule has 9 nitrogen and oxygen atoms in total. The Labute approximate surface area is 261 Å². The van der Waals surface area contributed by atoms with Gasteiger partial charge in [0.2, 0.25) is 0 Å². The third-order valence-corrected chi connectivity index (χ3v) is 9.38. The number of hydrogen-bond donors (Lipinski definition) is 0. The molecule has 1 unspecified atom stereocenters. The molecule has 0 aliphatic carbocycles. The first-order valence-electron chi connectivity index (χ1n) is 14.4. The third kappa shape index (κ3) is 6.68. The van der Waals surface area contributed by atoms with Crippen molar-refractivity contribution in [3.63, 3.8) is 0 Å². The zero-order valence-corrected chi connectivity index (χ0v) is 26.2. The molecule has 0 radical (unpaired) electrons. The molecule has 4 aromatic rings. The Balaban J connectivity index is 1.68.